The SMILES string of the molecule is c1ccc(-c2cccc(-c3nc(-c4ccccc4)nc(-c4ccccc4Cn4c5ccccc5c5ccc6c7ccccc7oc6c54)n3)c2)cc1. The monoisotopic (exact) mass is 654 g/mol. The number of fused-ring (bicyclic) bond motifs is 7. The van der Waals surface area contributed by atoms with Gasteiger partial charge in [-0.05, 0) is 41.0 Å². The summed E-state index contributed by atoms with van der Waals surface area (Å²) < 4.78 is 8.99. The Bertz CT molecular complexity index is 2890. The second-order valence-corrected chi connectivity index (χ2v) is 12.8. The van der Waals surface area contributed by atoms with E-state index in [1.807, 2.05) is 48.5 Å². The van der Waals surface area contributed by atoms with Gasteiger partial charge in [-0.2, -0.15) is 0 Å². The molecule has 0 saturated heterocycles. The van der Waals surface area contributed by atoms with Gasteiger partial charge in [0, 0.05) is 50.3 Å². The molecule has 0 radical (unpaired) electrons. The normalized spacial score (nSPS) is 11.6. The maximum atomic E-state index is 6.61. The molecule has 0 amide bonds. The first-order chi connectivity index (χ1) is 25.3. The summed E-state index contributed by atoms with van der Waals surface area (Å²) in [5.74, 6) is 1.90. The van der Waals surface area contributed by atoms with Gasteiger partial charge < -0.3 is 8.98 Å². The van der Waals surface area contributed by atoms with Crippen molar-refractivity contribution in [3.8, 4) is 45.3 Å². The maximum absolute atomic E-state index is 6.61. The summed E-state index contributed by atoms with van der Waals surface area (Å²) in [5.41, 5.74) is 10.2. The van der Waals surface area contributed by atoms with E-state index in [0.29, 0.717) is 24.0 Å². The van der Waals surface area contributed by atoms with Crippen LogP contribution in [0.4, 0.5) is 0 Å². The molecule has 0 N–H and O–H groups in total. The van der Waals surface area contributed by atoms with Crippen LogP contribution in [0.15, 0.2) is 174 Å². The van der Waals surface area contributed by atoms with Crippen LogP contribution < -0.4 is 0 Å². The lowest BCUT2D eigenvalue weighted by molar-refractivity contribution is 0.669. The van der Waals surface area contributed by atoms with E-state index in [0.717, 1.165) is 66.4 Å². The van der Waals surface area contributed by atoms with E-state index in [-0.39, 0.29) is 0 Å². The number of nitrogens with zero attached hydrogens (tertiary/aromatic N) is 4. The number of hydrogen-bond acceptors (Lipinski definition) is 4. The molecule has 5 heteroatoms. The van der Waals surface area contributed by atoms with Crippen LogP contribution in [0.5, 0.6) is 0 Å². The predicted octanol–water partition coefficient (Wildman–Crippen LogP) is 11.6. The molecule has 0 aliphatic rings. The summed E-state index contributed by atoms with van der Waals surface area (Å²) in [4.78, 5) is 15.3. The lowest BCUT2D eigenvalue weighted by atomic mass is 10.0. The third-order valence-electron chi connectivity index (χ3n) is 9.76. The highest BCUT2D eigenvalue weighted by Crippen LogP contribution is 2.39. The first-order valence-corrected chi connectivity index (χ1v) is 17.2. The standard InChI is InChI=1S/C46H30N4O/c1-3-14-30(15-4-1)32-19-13-20-33(28-32)45-47-44(31-16-5-2-6-17-31)48-46(49-45)35-21-8-7-18-34(35)29-50-40-24-11-9-22-36(40)38-26-27-39-37-23-10-12-25-41(37)51-43(39)42(38)50/h1-28H,29H2. The Morgan fingerprint density at radius 2 is 1.04 bits per heavy atom. The van der Waals surface area contributed by atoms with Crippen LogP contribution in [0, 0.1) is 0 Å². The van der Waals surface area contributed by atoms with Crippen LogP contribution in [-0.2, 0) is 6.54 Å². The van der Waals surface area contributed by atoms with Gasteiger partial charge in [0.1, 0.15) is 5.58 Å². The van der Waals surface area contributed by atoms with Gasteiger partial charge in [-0.25, -0.2) is 15.0 Å². The minimum Gasteiger partial charge on any atom is -0.454 e. The average molecular weight is 655 g/mol. The Morgan fingerprint density at radius 3 is 1.88 bits per heavy atom. The number of furan rings is 1. The fourth-order valence-electron chi connectivity index (χ4n) is 7.34. The van der Waals surface area contributed by atoms with Gasteiger partial charge in [0.05, 0.1) is 5.52 Å². The average Bonchev–Trinajstić information content (AvgIpc) is 3.74. The Labute approximate surface area is 294 Å². The number of rotatable bonds is 6. The van der Waals surface area contributed by atoms with Crippen molar-refractivity contribution in [1.82, 2.24) is 19.5 Å². The van der Waals surface area contributed by atoms with Crippen LogP contribution in [0.3, 0.4) is 0 Å². The summed E-state index contributed by atoms with van der Waals surface area (Å²) in [5, 5.41) is 4.60. The molecule has 0 spiro atoms. The topological polar surface area (TPSA) is 56.7 Å². The summed E-state index contributed by atoms with van der Waals surface area (Å²) in [6.07, 6.45) is 0. The molecular formula is C46H30N4O. The summed E-state index contributed by atoms with van der Waals surface area (Å²) in [6.45, 7) is 0.599. The molecule has 10 aromatic rings. The van der Waals surface area contributed by atoms with Gasteiger partial charge in [0.25, 0.3) is 0 Å². The maximum Gasteiger partial charge on any atom is 0.164 e. The van der Waals surface area contributed by atoms with Crippen molar-refractivity contribution in [2.45, 2.75) is 6.54 Å². The Hall–Kier alpha value is -6.85. The fourth-order valence-corrected chi connectivity index (χ4v) is 7.34. The van der Waals surface area contributed by atoms with Gasteiger partial charge in [-0.15, -0.1) is 0 Å². The largest absolute Gasteiger partial charge is 0.454 e. The van der Waals surface area contributed by atoms with Gasteiger partial charge in [0.2, 0.25) is 0 Å². The molecule has 0 bridgehead atoms. The fraction of sp³-hybridized carbons (Fsp3) is 0.0217. The van der Waals surface area contributed by atoms with Gasteiger partial charge in [-0.3, -0.25) is 0 Å². The molecule has 0 unspecified atom stereocenters. The van der Waals surface area contributed by atoms with E-state index in [1.54, 1.807) is 0 Å². The van der Waals surface area contributed by atoms with E-state index in [1.165, 1.54) is 10.8 Å². The van der Waals surface area contributed by atoms with Gasteiger partial charge in [0.15, 0.2) is 23.1 Å². The highest BCUT2D eigenvalue weighted by molar-refractivity contribution is 6.20. The minimum absolute atomic E-state index is 0.599. The molecule has 3 aromatic heterocycles. The van der Waals surface area contributed by atoms with E-state index in [9.17, 15) is 0 Å². The lowest BCUT2D eigenvalue weighted by Crippen LogP contribution is -2.05. The Kier molecular flexibility index (Phi) is 6.81. The third-order valence-corrected chi connectivity index (χ3v) is 9.76. The number of hydrogen-bond donors (Lipinski definition) is 0. The van der Waals surface area contributed by atoms with Crippen molar-refractivity contribution >= 4 is 43.7 Å². The molecule has 10 rings (SSSR count). The number of para-hydroxylation sites is 2. The summed E-state index contributed by atoms with van der Waals surface area (Å²) in [7, 11) is 0. The molecule has 7 aromatic carbocycles. The van der Waals surface area contributed by atoms with Gasteiger partial charge in [-0.1, -0.05) is 146 Å². The van der Waals surface area contributed by atoms with Crippen LogP contribution in [-0.4, -0.2) is 19.5 Å². The molecule has 0 fully saturated rings. The zero-order chi connectivity index (χ0) is 33.7. The first kappa shape index (κ1) is 29.1. The van der Waals surface area contributed by atoms with Gasteiger partial charge >= 0.3 is 0 Å². The molecule has 240 valence electrons. The Morgan fingerprint density at radius 1 is 0.431 bits per heavy atom. The molecule has 0 atom stereocenters. The van der Waals surface area contributed by atoms with Crippen molar-refractivity contribution < 1.29 is 4.42 Å². The van der Waals surface area contributed by atoms with Crippen LogP contribution >= 0.6 is 0 Å². The van der Waals surface area contributed by atoms with E-state index >= 15 is 0 Å². The third kappa shape index (κ3) is 4.98. The molecule has 0 saturated carbocycles. The molecule has 0 aliphatic carbocycles. The van der Waals surface area contributed by atoms with Crippen molar-refractivity contribution in [1.29, 1.82) is 0 Å². The van der Waals surface area contributed by atoms with Crippen LogP contribution in [0.25, 0.3) is 89.0 Å². The van der Waals surface area contributed by atoms with Crippen molar-refractivity contribution in [2.75, 3.05) is 0 Å². The number of aromatic nitrogens is 4. The van der Waals surface area contributed by atoms with E-state index in [4.69, 9.17) is 19.4 Å². The first-order valence-electron chi connectivity index (χ1n) is 17.2. The quantitative estimate of drug-likeness (QED) is 0.179. The number of benzene rings is 7. The molecule has 5 nitrogen and oxygen atoms in total. The molecule has 51 heavy (non-hydrogen) atoms. The van der Waals surface area contributed by atoms with Crippen molar-refractivity contribution in [2.24, 2.45) is 0 Å². The second-order valence-electron chi connectivity index (χ2n) is 12.8. The molecule has 3 heterocycles. The smallest absolute Gasteiger partial charge is 0.164 e. The van der Waals surface area contributed by atoms with E-state index in [2.05, 4.69) is 126 Å². The second kappa shape index (κ2) is 11.9. The minimum atomic E-state index is 0.599. The summed E-state index contributed by atoms with van der Waals surface area (Å²) in [6, 6.07) is 58.7. The van der Waals surface area contributed by atoms with E-state index < -0.39 is 0 Å². The highest BCUT2D eigenvalue weighted by Gasteiger charge is 2.20. The zero-order valence-electron chi connectivity index (χ0n) is 27.6. The van der Waals surface area contributed by atoms with Crippen LogP contribution in [0.1, 0.15) is 5.56 Å². The zero-order valence-corrected chi connectivity index (χ0v) is 27.6. The predicted molar refractivity (Wildman–Crippen MR) is 207 cm³/mol. The summed E-state index contributed by atoms with van der Waals surface area (Å²) >= 11 is 0. The molecule has 0 aliphatic heterocycles. The van der Waals surface area contributed by atoms with Crippen LogP contribution in [0.2, 0.25) is 0 Å². The van der Waals surface area contributed by atoms with Crippen molar-refractivity contribution in [3.05, 3.63) is 175 Å². The highest BCUT2D eigenvalue weighted by atomic mass is 16.3. The lowest BCUT2D eigenvalue weighted by Gasteiger charge is -2.14. The molecular weight excluding hydrogens is 625 g/mol. The van der Waals surface area contributed by atoms with Crippen molar-refractivity contribution in [3.63, 3.8) is 0 Å². The Balaban J connectivity index is 1.17.